The highest BCUT2D eigenvalue weighted by Crippen LogP contribution is 2.31. The number of hydrogen-bond donors (Lipinski definition) is 1. The summed E-state index contributed by atoms with van der Waals surface area (Å²) in [7, 11) is 1.62. The number of benzene rings is 1. The predicted molar refractivity (Wildman–Crippen MR) is 81.8 cm³/mol. The molecule has 1 heterocycles. The Hall–Kier alpha value is -2.83. The monoisotopic (exact) mass is 296 g/mol. The first-order chi connectivity index (χ1) is 10.2. The van der Waals surface area contributed by atoms with Gasteiger partial charge < -0.3 is 10.1 Å². The number of hydrogen-bond acceptors (Lipinski definition) is 6. The Morgan fingerprint density at radius 2 is 1.95 bits per heavy atom. The van der Waals surface area contributed by atoms with Crippen LogP contribution in [0.3, 0.4) is 0 Å². The van der Waals surface area contributed by atoms with Crippen molar-refractivity contribution in [2.24, 2.45) is 0 Å². The van der Waals surface area contributed by atoms with Crippen molar-refractivity contribution in [1.29, 1.82) is 10.5 Å². The molecule has 1 aromatic carbocycles. The van der Waals surface area contributed by atoms with Gasteiger partial charge in [0, 0.05) is 16.6 Å². The first kappa shape index (κ1) is 14.6. The number of ether oxygens (including phenoxy) is 1. The lowest BCUT2D eigenvalue weighted by Gasteiger charge is -2.01. The van der Waals surface area contributed by atoms with Crippen molar-refractivity contribution in [1.82, 2.24) is 4.98 Å². The zero-order valence-corrected chi connectivity index (χ0v) is 12.4. The van der Waals surface area contributed by atoms with Gasteiger partial charge >= 0.3 is 0 Å². The molecule has 1 aromatic heterocycles. The molecule has 0 radical (unpaired) electrons. The molecule has 0 atom stereocenters. The minimum atomic E-state index is 0.00819. The summed E-state index contributed by atoms with van der Waals surface area (Å²) in [6.07, 6.45) is 1.36. The third-order valence-corrected chi connectivity index (χ3v) is 3.64. The standard InChI is InChI=1S/C15H12N4OS/c1-10-14(12-3-5-13(20-2)6-4-12)19-15(21-10)18-9-11(7-16)8-17/h3-6,9H,1-2H3,(H,18,19). The van der Waals surface area contributed by atoms with E-state index < -0.39 is 0 Å². The molecule has 0 fully saturated rings. The smallest absolute Gasteiger partial charge is 0.187 e. The Bertz CT molecular complexity index is 731. The molecule has 1 N–H and O–H groups in total. The fourth-order valence-electron chi connectivity index (χ4n) is 1.70. The van der Waals surface area contributed by atoms with Crippen molar-refractivity contribution in [3.63, 3.8) is 0 Å². The fraction of sp³-hybridized carbons (Fsp3) is 0.133. The number of thiazole rings is 1. The SMILES string of the molecule is COc1ccc(-c2nc(NC=C(C#N)C#N)sc2C)cc1. The van der Waals surface area contributed by atoms with Crippen LogP contribution in [-0.4, -0.2) is 12.1 Å². The van der Waals surface area contributed by atoms with E-state index in [0.29, 0.717) is 5.13 Å². The Labute approximate surface area is 126 Å². The molecular weight excluding hydrogens is 284 g/mol. The lowest BCUT2D eigenvalue weighted by molar-refractivity contribution is 0.415. The average molecular weight is 296 g/mol. The summed E-state index contributed by atoms with van der Waals surface area (Å²) in [6.45, 7) is 1.97. The number of nitriles is 2. The van der Waals surface area contributed by atoms with Gasteiger partial charge in [-0.1, -0.05) is 0 Å². The van der Waals surface area contributed by atoms with Crippen molar-refractivity contribution in [3.8, 4) is 29.1 Å². The summed E-state index contributed by atoms with van der Waals surface area (Å²) in [6, 6.07) is 11.2. The van der Waals surface area contributed by atoms with Crippen LogP contribution >= 0.6 is 11.3 Å². The normalized spacial score (nSPS) is 9.33. The van der Waals surface area contributed by atoms with Crippen molar-refractivity contribution in [3.05, 3.63) is 40.9 Å². The molecule has 5 nitrogen and oxygen atoms in total. The summed E-state index contributed by atoms with van der Waals surface area (Å²) in [4.78, 5) is 5.53. The Morgan fingerprint density at radius 3 is 2.52 bits per heavy atom. The minimum absolute atomic E-state index is 0.00819. The van der Waals surface area contributed by atoms with Crippen LogP contribution in [0.4, 0.5) is 5.13 Å². The Kier molecular flexibility index (Phi) is 4.55. The molecule has 0 spiro atoms. The molecule has 0 aliphatic heterocycles. The molecule has 0 aliphatic rings. The number of aryl methyl sites for hydroxylation is 1. The van der Waals surface area contributed by atoms with Gasteiger partial charge in [-0.25, -0.2) is 4.98 Å². The third kappa shape index (κ3) is 3.38. The second kappa shape index (κ2) is 6.56. The van der Waals surface area contributed by atoms with Crippen LogP contribution in [0, 0.1) is 29.6 Å². The quantitative estimate of drug-likeness (QED) is 0.874. The van der Waals surface area contributed by atoms with E-state index in [4.69, 9.17) is 15.3 Å². The van der Waals surface area contributed by atoms with Crippen LogP contribution < -0.4 is 10.1 Å². The lowest BCUT2D eigenvalue weighted by atomic mass is 10.1. The first-order valence-corrected chi connectivity index (χ1v) is 6.88. The molecule has 104 valence electrons. The lowest BCUT2D eigenvalue weighted by Crippen LogP contribution is -1.89. The Balaban J connectivity index is 2.25. The van der Waals surface area contributed by atoms with E-state index in [1.807, 2.05) is 31.2 Å². The van der Waals surface area contributed by atoms with E-state index in [1.54, 1.807) is 19.2 Å². The van der Waals surface area contributed by atoms with Gasteiger partial charge in [-0.15, -0.1) is 11.3 Å². The number of nitrogens with one attached hydrogen (secondary N) is 1. The van der Waals surface area contributed by atoms with Gasteiger partial charge in [0.25, 0.3) is 0 Å². The number of aromatic nitrogens is 1. The zero-order chi connectivity index (χ0) is 15.2. The minimum Gasteiger partial charge on any atom is -0.497 e. The van der Waals surface area contributed by atoms with Gasteiger partial charge in [0.1, 0.15) is 23.5 Å². The van der Waals surface area contributed by atoms with Crippen LogP contribution in [0.25, 0.3) is 11.3 Å². The van der Waals surface area contributed by atoms with Gasteiger partial charge in [0.2, 0.25) is 0 Å². The molecule has 0 amide bonds. The highest BCUT2D eigenvalue weighted by Gasteiger charge is 2.09. The van der Waals surface area contributed by atoms with E-state index in [1.165, 1.54) is 17.5 Å². The summed E-state index contributed by atoms with van der Waals surface area (Å²) < 4.78 is 5.13. The zero-order valence-electron chi connectivity index (χ0n) is 11.5. The fourth-order valence-corrected chi connectivity index (χ4v) is 2.50. The molecule has 0 unspecified atom stereocenters. The summed E-state index contributed by atoms with van der Waals surface area (Å²) in [5.74, 6) is 0.792. The third-order valence-electron chi connectivity index (χ3n) is 2.74. The van der Waals surface area contributed by atoms with Crippen LogP contribution in [0.5, 0.6) is 5.75 Å². The summed E-state index contributed by atoms with van der Waals surface area (Å²) in [5, 5.41) is 20.9. The number of rotatable bonds is 4. The molecule has 2 aromatic rings. The molecule has 0 bridgehead atoms. The highest BCUT2D eigenvalue weighted by atomic mass is 32.1. The molecule has 6 heteroatoms. The van der Waals surface area contributed by atoms with E-state index in [9.17, 15) is 0 Å². The largest absolute Gasteiger partial charge is 0.497 e. The Morgan fingerprint density at radius 1 is 1.29 bits per heavy atom. The maximum Gasteiger partial charge on any atom is 0.187 e. The molecular formula is C15H12N4OS. The van der Waals surface area contributed by atoms with Gasteiger partial charge in [0.05, 0.1) is 12.8 Å². The van der Waals surface area contributed by atoms with Gasteiger partial charge in [0.15, 0.2) is 5.13 Å². The van der Waals surface area contributed by atoms with E-state index >= 15 is 0 Å². The van der Waals surface area contributed by atoms with Gasteiger partial charge in [-0.3, -0.25) is 0 Å². The maximum atomic E-state index is 8.68. The molecule has 0 aliphatic carbocycles. The number of nitrogens with zero attached hydrogens (tertiary/aromatic N) is 3. The van der Waals surface area contributed by atoms with Crippen molar-refractivity contribution in [2.75, 3.05) is 12.4 Å². The molecule has 21 heavy (non-hydrogen) atoms. The molecule has 2 rings (SSSR count). The summed E-state index contributed by atoms with van der Waals surface area (Å²) in [5.41, 5.74) is 1.87. The van der Waals surface area contributed by atoms with Crippen LogP contribution in [0.1, 0.15) is 4.88 Å². The number of anilines is 1. The second-order valence-corrected chi connectivity index (χ2v) is 5.28. The van der Waals surface area contributed by atoms with E-state index in [0.717, 1.165) is 21.9 Å². The van der Waals surface area contributed by atoms with Gasteiger partial charge in [-0.2, -0.15) is 10.5 Å². The van der Waals surface area contributed by atoms with E-state index in [-0.39, 0.29) is 5.57 Å². The van der Waals surface area contributed by atoms with Crippen LogP contribution in [0.15, 0.2) is 36.0 Å². The van der Waals surface area contributed by atoms with Gasteiger partial charge in [-0.05, 0) is 31.2 Å². The summed E-state index contributed by atoms with van der Waals surface area (Å²) >= 11 is 1.47. The highest BCUT2D eigenvalue weighted by molar-refractivity contribution is 7.16. The van der Waals surface area contributed by atoms with Crippen LogP contribution in [0.2, 0.25) is 0 Å². The first-order valence-electron chi connectivity index (χ1n) is 6.06. The average Bonchev–Trinajstić information content (AvgIpc) is 2.89. The molecule has 0 saturated carbocycles. The van der Waals surface area contributed by atoms with Crippen molar-refractivity contribution in [2.45, 2.75) is 6.92 Å². The predicted octanol–water partition coefficient (Wildman–Crippen LogP) is 3.47. The van der Waals surface area contributed by atoms with Crippen molar-refractivity contribution >= 4 is 16.5 Å². The van der Waals surface area contributed by atoms with Crippen molar-refractivity contribution < 1.29 is 4.74 Å². The molecule has 0 saturated heterocycles. The van der Waals surface area contributed by atoms with E-state index in [2.05, 4.69) is 10.3 Å². The number of allylic oxidation sites excluding steroid dienone is 1. The topological polar surface area (TPSA) is 81.7 Å². The maximum absolute atomic E-state index is 8.68. The second-order valence-electron chi connectivity index (χ2n) is 4.08. The van der Waals surface area contributed by atoms with Crippen LogP contribution in [-0.2, 0) is 0 Å². The number of methoxy groups -OCH3 is 1.